The van der Waals surface area contributed by atoms with E-state index < -0.39 is 150 Å². The molecule has 26 heteroatoms. The Hall–Kier alpha value is -7.54. The van der Waals surface area contributed by atoms with Crippen LogP contribution in [0.25, 0.3) is 0 Å². The molecule has 7 rings (SSSR count). The molecule has 0 saturated heterocycles. The topological polar surface area (TPSA) is 43.1 Å². The second-order valence-electron chi connectivity index (χ2n) is 13.7. The first-order chi connectivity index (χ1) is 31.9. The third-order valence-electron chi connectivity index (χ3n) is 9.97. The Labute approximate surface area is 364 Å². The summed E-state index contributed by atoms with van der Waals surface area (Å²) in [6, 6.07) is 15.1. The van der Waals surface area contributed by atoms with Crippen LogP contribution in [0.5, 0.6) is 11.6 Å². The van der Waals surface area contributed by atoms with Crippen LogP contribution < -0.4 is 31.2 Å². The summed E-state index contributed by atoms with van der Waals surface area (Å²) in [5.41, 5.74) is -13.7. The van der Waals surface area contributed by atoms with E-state index in [2.05, 4.69) is 4.98 Å². The third kappa shape index (κ3) is 8.09. The van der Waals surface area contributed by atoms with Crippen LogP contribution in [-0.2, 0) is 6.54 Å². The highest BCUT2D eigenvalue weighted by atomic mass is 19.2. The van der Waals surface area contributed by atoms with Gasteiger partial charge in [-0.1, -0.05) is 42.5 Å². The number of hydrogen-bond donors (Lipinski definition) is 0. The van der Waals surface area contributed by atoms with E-state index in [0.29, 0.717) is 11.4 Å². The molecule has 0 amide bonds. The molecule has 6 aromatic carbocycles. The molecule has 0 radical (unpaired) electrons. The molecule has 1 aromatic heterocycles. The zero-order chi connectivity index (χ0) is 50.4. The molecule has 0 unspecified atom stereocenters. The van der Waals surface area contributed by atoms with E-state index in [4.69, 9.17) is 4.74 Å². The van der Waals surface area contributed by atoms with E-state index in [9.17, 15) is 61.9 Å². The van der Waals surface area contributed by atoms with Crippen molar-refractivity contribution in [2.24, 2.45) is 0 Å². The Morgan fingerprint density at radius 1 is 0.426 bits per heavy atom. The van der Waals surface area contributed by atoms with Crippen LogP contribution in [0.3, 0.4) is 0 Å². The first-order valence-electron chi connectivity index (χ1n) is 18.0. The molecule has 0 fully saturated rings. The summed E-state index contributed by atoms with van der Waals surface area (Å²) in [5.74, 6) is -71.6. The van der Waals surface area contributed by atoms with Crippen molar-refractivity contribution in [1.82, 2.24) is 4.98 Å². The van der Waals surface area contributed by atoms with Crippen LogP contribution in [0.15, 0.2) is 73.2 Å². The minimum Gasteiger partial charge on any atom is -0.401 e. The summed E-state index contributed by atoms with van der Waals surface area (Å²) in [6.07, 6.45) is -2.60. The van der Waals surface area contributed by atoms with Gasteiger partial charge in [-0.15, -0.1) is 21.9 Å². The highest BCUT2D eigenvalue weighted by Gasteiger charge is 2.52. The van der Waals surface area contributed by atoms with Crippen molar-refractivity contribution in [3.05, 3.63) is 201 Å². The lowest BCUT2D eigenvalue weighted by molar-refractivity contribution is -0.687. The van der Waals surface area contributed by atoms with Gasteiger partial charge in [0.2, 0.25) is 12.3 Å². The molecule has 0 N–H and O–H groups in total. The number of ketones is 1. The molecule has 0 aliphatic rings. The summed E-state index contributed by atoms with van der Waals surface area (Å²) in [4.78, 5) is 16.3. The second-order valence-corrected chi connectivity index (χ2v) is 13.7. The Kier molecular flexibility index (Phi) is 13.9. The van der Waals surface area contributed by atoms with Gasteiger partial charge in [0.15, 0.2) is 87.6 Å². The predicted octanol–water partition coefficient (Wildman–Crippen LogP) is 9.03. The number of aromatic nitrogens is 2. The number of rotatable bonds is 9. The van der Waals surface area contributed by atoms with Crippen molar-refractivity contribution in [2.45, 2.75) is 6.54 Å². The Morgan fingerprint density at radius 2 is 0.735 bits per heavy atom. The number of Topliss-reactive ketones (excluding diaryl/α,β-unsaturated/α-hetero) is 1. The van der Waals surface area contributed by atoms with Gasteiger partial charge in [-0.25, -0.2) is 97.2 Å². The zero-order valence-electron chi connectivity index (χ0n) is 32.4. The van der Waals surface area contributed by atoms with Crippen molar-refractivity contribution >= 4 is 33.8 Å². The van der Waals surface area contributed by atoms with Crippen LogP contribution in [0.4, 0.5) is 92.2 Å². The van der Waals surface area contributed by atoms with Crippen molar-refractivity contribution in [2.75, 3.05) is 0 Å². The first-order valence-corrected chi connectivity index (χ1v) is 18.0. The van der Waals surface area contributed by atoms with Gasteiger partial charge in [0.05, 0.1) is 6.20 Å². The summed E-state index contributed by atoms with van der Waals surface area (Å²) in [7, 11) is 0. The molecule has 0 aliphatic heterocycles. The maximum Gasteiger partial charge on any atom is 0.392 e. The van der Waals surface area contributed by atoms with Crippen molar-refractivity contribution in [3.63, 3.8) is 0 Å². The summed E-state index contributed by atoms with van der Waals surface area (Å²) in [6.45, 7) is 0.0797. The quantitative estimate of drug-likeness (QED) is 0.0363. The largest absolute Gasteiger partial charge is 0.401 e. The molecule has 354 valence electrons. The van der Waals surface area contributed by atoms with Crippen LogP contribution >= 0.6 is 0 Å². The number of benzene rings is 6. The highest BCUT2D eigenvalue weighted by molar-refractivity contribution is 7.20. The third-order valence-corrected chi connectivity index (χ3v) is 9.97. The molecule has 0 spiro atoms. The fourth-order valence-corrected chi connectivity index (χ4v) is 6.97. The van der Waals surface area contributed by atoms with Gasteiger partial charge in [0, 0.05) is 5.56 Å². The van der Waals surface area contributed by atoms with E-state index in [1.54, 1.807) is 53.4 Å². The fourth-order valence-electron chi connectivity index (χ4n) is 6.97. The van der Waals surface area contributed by atoms with E-state index >= 15 is 35.1 Å². The Bertz CT molecular complexity index is 2790. The van der Waals surface area contributed by atoms with Gasteiger partial charge in [-0.3, -0.25) is 4.79 Å². The average Bonchev–Trinajstić information content (AvgIpc) is 3.33. The minimum atomic E-state index is -7.22. The van der Waals surface area contributed by atoms with Gasteiger partial charge in [0.1, 0.15) is 58.9 Å². The van der Waals surface area contributed by atoms with Gasteiger partial charge in [0.25, 0.3) is 0 Å². The van der Waals surface area contributed by atoms with Crippen LogP contribution in [-0.4, -0.2) is 16.9 Å². The molecule has 4 nitrogen and oxygen atoms in total. The normalized spacial score (nSPS) is 11.4. The number of carbonyl (C=O) groups is 1. The number of para-hydroxylation sites is 1. The van der Waals surface area contributed by atoms with E-state index in [-0.39, 0.29) is 18.1 Å². The van der Waals surface area contributed by atoms with Crippen molar-refractivity contribution in [1.29, 1.82) is 0 Å². The molecule has 0 atom stereocenters. The van der Waals surface area contributed by atoms with Gasteiger partial charge in [-0.2, -0.15) is 4.57 Å². The number of halogens is 21. The van der Waals surface area contributed by atoms with Gasteiger partial charge in [-0.05, 0) is 12.1 Å². The summed E-state index contributed by atoms with van der Waals surface area (Å²) >= 11 is 0. The SMILES string of the molecule is Fc1c(F)c(F)c([B-](c2c(F)c(F)c(F)c(F)c2F)(c2c(F)c(F)c(F)c(F)c2F)c2c(F)c(F)c(F)c(F)c2F)c(F)c1F.O=C(C[n+]1ccncc1Oc1ccccc1F)c1ccccc1. The predicted molar refractivity (Wildman–Crippen MR) is 191 cm³/mol. The van der Waals surface area contributed by atoms with E-state index in [1.807, 2.05) is 6.07 Å². The Balaban J connectivity index is 0.000000276. The molecule has 0 bridgehead atoms. The molecule has 0 saturated carbocycles. The number of carbonyl (C=O) groups excluding carboxylic acids is 1. The lowest BCUT2D eigenvalue weighted by atomic mass is 9.12. The molecular formula is C42H14BF21N2O2. The van der Waals surface area contributed by atoms with Gasteiger partial charge >= 0.3 is 5.88 Å². The van der Waals surface area contributed by atoms with E-state index in [0.717, 1.165) is 0 Å². The number of ether oxygens (including phenoxy) is 1. The summed E-state index contributed by atoms with van der Waals surface area (Å²) in [5, 5.41) is 0. The molecule has 68 heavy (non-hydrogen) atoms. The smallest absolute Gasteiger partial charge is 0.392 e. The maximum absolute atomic E-state index is 15.4. The first kappa shape index (κ1) is 49.9. The zero-order valence-corrected chi connectivity index (χ0v) is 32.4. The minimum absolute atomic E-state index is 0.0693. The lowest BCUT2D eigenvalue weighted by Gasteiger charge is -2.44. The summed E-state index contributed by atoms with van der Waals surface area (Å²) < 4.78 is 315. The standard InChI is InChI=1S/C24BF20.C18H14FN2O2/c26-5-1(6(27)14(35)21(42)13(5)34)25(2-7(28)15(36)22(43)16(37)8(2)29,3-9(30)17(38)23(44)18(39)10(3)31)4-11(32)19(40)24(45)20(41)12(4)33;19-15-8-4-5-9-17(15)23-18-12-20-10-11-21(18)13-16(22)14-6-2-1-3-7-14/h;1-12H,13H2/q-1;+1. The Morgan fingerprint density at radius 3 is 1.07 bits per heavy atom. The van der Waals surface area contributed by atoms with Crippen LogP contribution in [0.1, 0.15) is 10.4 Å². The fraction of sp³-hybridized carbons (Fsp3) is 0.0238. The molecular weight excluding hydrogens is 974 g/mol. The molecule has 1 heterocycles. The van der Waals surface area contributed by atoms with Crippen LogP contribution in [0.2, 0.25) is 0 Å². The lowest BCUT2D eigenvalue weighted by Crippen LogP contribution is -2.81. The monoisotopic (exact) mass is 988 g/mol. The van der Waals surface area contributed by atoms with Crippen molar-refractivity contribution in [3.8, 4) is 11.6 Å². The second kappa shape index (κ2) is 19.0. The van der Waals surface area contributed by atoms with E-state index in [1.165, 1.54) is 18.3 Å². The van der Waals surface area contributed by atoms with Crippen LogP contribution in [0, 0.1) is 122 Å². The average molecular weight is 988 g/mol. The molecule has 0 aliphatic carbocycles. The molecule has 7 aromatic rings. The van der Waals surface area contributed by atoms with Crippen molar-refractivity contribution < 1.29 is 106 Å². The number of nitrogens with zero attached hydrogens (tertiary/aromatic N) is 2. The number of hydrogen-bond acceptors (Lipinski definition) is 3. The van der Waals surface area contributed by atoms with Gasteiger partial charge < -0.3 is 4.74 Å². The highest BCUT2D eigenvalue weighted by Crippen LogP contribution is 2.31. The maximum atomic E-state index is 15.4.